The number of hydrogen-bond donors (Lipinski definition) is 0. The van der Waals surface area contributed by atoms with Gasteiger partial charge in [-0.1, -0.05) is 13.8 Å². The molecule has 1 rings (SSSR count). The van der Waals surface area contributed by atoms with Crippen molar-refractivity contribution in [1.29, 1.82) is 0 Å². The van der Waals surface area contributed by atoms with Crippen LogP contribution in [-0.4, -0.2) is 60.9 Å². The van der Waals surface area contributed by atoms with Crippen molar-refractivity contribution in [1.82, 2.24) is 0 Å². The number of ether oxygens (including phenoxy) is 2. The topological polar surface area (TPSA) is 92.7 Å². The molecule has 0 aromatic heterocycles. The van der Waals surface area contributed by atoms with Crippen LogP contribution in [0.3, 0.4) is 0 Å². The lowest BCUT2D eigenvalue weighted by Gasteiger charge is -2.20. The molecule has 4 unspecified atom stereocenters. The van der Waals surface area contributed by atoms with Gasteiger partial charge < -0.3 is 14.6 Å². The van der Waals surface area contributed by atoms with Crippen LogP contribution in [0.15, 0.2) is 0 Å². The van der Waals surface area contributed by atoms with Crippen LogP contribution in [0.4, 0.5) is 0 Å². The Kier molecular flexibility index (Phi) is 10.7. The molecule has 1 aliphatic heterocycles. The lowest BCUT2D eigenvalue weighted by molar-refractivity contribution is -0.431. The largest absolute Gasteiger partial charge is 0.805 e. The van der Waals surface area contributed by atoms with Crippen molar-refractivity contribution >= 4 is 40.4 Å². The number of ketones is 1. The Morgan fingerprint density at radius 3 is 2.00 bits per heavy atom. The second-order valence-corrected chi connectivity index (χ2v) is 8.98. The maximum Gasteiger partial charge on any atom is 0.306 e. The molecule has 0 radical (unpaired) electrons. The van der Waals surface area contributed by atoms with Gasteiger partial charge in [0.2, 0.25) is 0 Å². The summed E-state index contributed by atoms with van der Waals surface area (Å²) >= 11 is 1.47. The molecule has 1 aliphatic rings. The summed E-state index contributed by atoms with van der Waals surface area (Å²) in [6.07, 6.45) is 4.27. The van der Waals surface area contributed by atoms with E-state index >= 15 is 0 Å². The van der Waals surface area contributed by atoms with Crippen LogP contribution >= 0.6 is 11.8 Å². The molecule has 1 fully saturated rings. The van der Waals surface area contributed by atoms with Crippen LogP contribution in [0.5, 0.6) is 0 Å². The number of rotatable bonds is 8. The highest BCUT2D eigenvalue weighted by Crippen LogP contribution is 2.39. The van der Waals surface area contributed by atoms with E-state index in [-0.39, 0.29) is 53.3 Å². The molecule has 1 saturated heterocycles. The Labute approximate surface area is 151 Å². The number of methoxy groups -OCH3 is 2. The fourth-order valence-corrected chi connectivity index (χ4v) is 4.50. The molecule has 140 valence electrons. The molecule has 0 spiro atoms. The highest BCUT2D eigenvalue weighted by Gasteiger charge is 2.57. The highest BCUT2D eigenvalue weighted by molar-refractivity contribution is 8.04. The van der Waals surface area contributed by atoms with Crippen LogP contribution < -0.4 is 5.11 Å². The first-order valence-corrected chi connectivity index (χ1v) is 10.8. The third kappa shape index (κ3) is 7.90. The number of carbonyl (C=O) groups excluding carboxylic acids is 3. The summed E-state index contributed by atoms with van der Waals surface area (Å²) in [7, 11) is 2.65. The summed E-state index contributed by atoms with van der Waals surface area (Å²) in [5.74, 6) is 0.401. The maximum atomic E-state index is 11.7. The van der Waals surface area contributed by atoms with Crippen LogP contribution in [0.2, 0.25) is 0 Å². The molecule has 24 heavy (non-hydrogen) atoms. The molecule has 0 amide bonds. The summed E-state index contributed by atoms with van der Waals surface area (Å²) < 4.78 is 8.96. The van der Waals surface area contributed by atoms with Gasteiger partial charge in [0.1, 0.15) is 16.5 Å². The second kappa shape index (κ2) is 11.0. The Hall–Kier alpha value is -0.730. The molecule has 0 aromatic rings. The molecule has 0 aliphatic carbocycles. The van der Waals surface area contributed by atoms with Crippen molar-refractivity contribution in [3.63, 3.8) is 0 Å². The molecule has 0 saturated carbocycles. The zero-order valence-corrected chi connectivity index (χ0v) is 16.9. The van der Waals surface area contributed by atoms with E-state index in [0.717, 1.165) is 5.75 Å². The van der Waals surface area contributed by atoms with Gasteiger partial charge in [-0.2, -0.15) is 11.8 Å². The summed E-state index contributed by atoms with van der Waals surface area (Å²) in [6, 6.07) is 0. The lowest BCUT2D eigenvalue weighted by atomic mass is 10.0. The lowest BCUT2D eigenvalue weighted by Crippen LogP contribution is -2.39. The summed E-state index contributed by atoms with van der Waals surface area (Å²) in [5.41, 5.74) is 0. The molecule has 0 aromatic carbocycles. The van der Waals surface area contributed by atoms with E-state index in [0.29, 0.717) is 5.75 Å². The minimum atomic E-state index is -0.825. The molecule has 0 N–H and O–H groups in total. The Morgan fingerprint density at radius 1 is 1.17 bits per heavy atom. The molecule has 1 heterocycles. The molecule has 8 heteroatoms. The van der Waals surface area contributed by atoms with Crippen molar-refractivity contribution < 1.29 is 29.0 Å². The van der Waals surface area contributed by atoms with Crippen LogP contribution in [0.25, 0.3) is 0 Å². The molecule has 4 atom stereocenters. The fourth-order valence-electron chi connectivity index (χ4n) is 1.98. The number of thioether (sulfide) groups is 1. The van der Waals surface area contributed by atoms with Gasteiger partial charge in [-0.15, -0.1) is 0 Å². The Balaban J connectivity index is 0.000000441. The first kappa shape index (κ1) is 23.3. The predicted molar refractivity (Wildman–Crippen MR) is 95.9 cm³/mol. The van der Waals surface area contributed by atoms with Gasteiger partial charge in [0, 0.05) is 11.8 Å². The van der Waals surface area contributed by atoms with Gasteiger partial charge in [0.25, 0.3) is 0 Å². The predicted octanol–water partition coefficient (Wildman–Crippen LogP) is 0.622. The van der Waals surface area contributed by atoms with Gasteiger partial charge >= 0.3 is 11.9 Å². The third-order valence-corrected chi connectivity index (χ3v) is 6.72. The quantitative estimate of drug-likeness (QED) is 0.346. The van der Waals surface area contributed by atoms with Crippen molar-refractivity contribution in [2.24, 2.45) is 11.8 Å². The minimum absolute atomic E-state index is 0.0263. The van der Waals surface area contributed by atoms with Crippen LogP contribution in [0.1, 0.15) is 26.7 Å². The van der Waals surface area contributed by atoms with Crippen molar-refractivity contribution in [2.75, 3.05) is 38.2 Å². The Bertz CT molecular complexity index is 442. The number of carbonyl (C=O) groups is 3. The molecule has 0 bridgehead atoms. The summed E-state index contributed by atoms with van der Waals surface area (Å²) in [5, 5.41) is 11.7. The summed E-state index contributed by atoms with van der Waals surface area (Å²) in [4.78, 5) is 31.9. The van der Waals surface area contributed by atoms with Crippen molar-refractivity contribution in [3.05, 3.63) is 0 Å². The fraction of sp³-hybridized carbons (Fsp3) is 0.812. The summed E-state index contributed by atoms with van der Waals surface area (Å²) in [6.45, 7) is 3.58. The average Bonchev–Trinajstić information content (AvgIpc) is 3.16. The van der Waals surface area contributed by atoms with Gasteiger partial charge in [0.15, 0.2) is 0 Å². The zero-order chi connectivity index (χ0) is 18.9. The van der Waals surface area contributed by atoms with Crippen molar-refractivity contribution in [3.8, 4) is 0 Å². The number of hydrogen-bond acceptors (Lipinski definition) is 7. The minimum Gasteiger partial charge on any atom is -0.805 e. The van der Waals surface area contributed by atoms with E-state index in [4.69, 9.17) is 0 Å². The smallest absolute Gasteiger partial charge is 0.306 e. The van der Waals surface area contributed by atoms with Gasteiger partial charge in [-0.05, 0) is 17.2 Å². The van der Waals surface area contributed by atoms with Crippen LogP contribution in [0, 0.1) is 11.8 Å². The van der Waals surface area contributed by atoms with Crippen LogP contribution in [-0.2, 0) is 34.8 Å². The van der Waals surface area contributed by atoms with E-state index in [2.05, 4.69) is 9.47 Å². The number of esters is 2. The van der Waals surface area contributed by atoms with Crippen molar-refractivity contribution in [2.45, 2.75) is 31.6 Å². The van der Waals surface area contributed by atoms with Gasteiger partial charge in [-0.25, -0.2) is 0 Å². The van der Waals surface area contributed by atoms with E-state index in [9.17, 15) is 19.5 Å². The second-order valence-electron chi connectivity index (χ2n) is 5.86. The third-order valence-electron chi connectivity index (χ3n) is 3.91. The molecule has 6 nitrogen and oxygen atoms in total. The normalized spacial score (nSPS) is 24.0. The van der Waals surface area contributed by atoms with E-state index in [1.54, 1.807) is 6.92 Å². The van der Waals surface area contributed by atoms with E-state index < -0.39 is 4.93 Å². The van der Waals surface area contributed by atoms with Gasteiger partial charge in [0.05, 0.1) is 39.1 Å². The number of Topliss-reactive ketones (excluding diaryl/α,β-unsaturated/α-hetero) is 1. The molecular weight excluding hydrogens is 352 g/mol. The molecular formula is C16H28O6S2. The first-order valence-electron chi connectivity index (χ1n) is 7.60. The monoisotopic (exact) mass is 380 g/mol. The zero-order valence-electron chi connectivity index (χ0n) is 15.2. The SMILES string of the molecule is COC(=O)CC(C)C(=O)CSC.COC(=O)CC(C)C1([O-])C[S+]1C. The average molecular weight is 381 g/mol. The highest BCUT2D eigenvalue weighted by atomic mass is 32.2. The van der Waals surface area contributed by atoms with Gasteiger partial charge in [-0.3, -0.25) is 14.4 Å². The first-order chi connectivity index (χ1) is 11.1. The van der Waals surface area contributed by atoms with E-state index in [1.165, 1.54) is 26.0 Å². The van der Waals surface area contributed by atoms with E-state index in [1.807, 2.05) is 19.4 Å². The standard InChI is InChI=1S/2C8H14O3S/c1-6(4-7(9)11-2)8(10)5-12(8)3;1-6(4-8(10)11-2)7(9)5-12-3/h2*6H,4-5H2,1-3H3. The Morgan fingerprint density at radius 2 is 1.62 bits per heavy atom. The maximum absolute atomic E-state index is 11.7.